The molecule has 1 aliphatic heterocycles. The highest BCUT2D eigenvalue weighted by atomic mass is 16.2. The van der Waals surface area contributed by atoms with E-state index in [1.807, 2.05) is 0 Å². The Hall–Kier alpha value is -2.21. The van der Waals surface area contributed by atoms with Crippen LogP contribution in [-0.2, 0) is 4.79 Å². The van der Waals surface area contributed by atoms with E-state index < -0.39 is 11.8 Å². The van der Waals surface area contributed by atoms with Crippen molar-refractivity contribution in [1.29, 1.82) is 0 Å². The van der Waals surface area contributed by atoms with E-state index >= 15 is 0 Å². The van der Waals surface area contributed by atoms with Crippen LogP contribution in [0.15, 0.2) is 24.3 Å². The number of hydrogen-bond acceptors (Lipinski definition) is 4. The highest BCUT2D eigenvalue weighted by Crippen LogP contribution is 2.22. The van der Waals surface area contributed by atoms with E-state index in [9.17, 15) is 14.4 Å². The van der Waals surface area contributed by atoms with E-state index in [1.165, 1.54) is 4.90 Å². The van der Waals surface area contributed by atoms with Crippen LogP contribution in [0.25, 0.3) is 0 Å². The Morgan fingerprint density at radius 3 is 2.21 bits per heavy atom. The van der Waals surface area contributed by atoms with Crippen LogP contribution in [0.3, 0.4) is 0 Å². The molecule has 0 aliphatic carbocycles. The normalized spacial score (nSPS) is 13.7. The highest BCUT2D eigenvalue weighted by Gasteiger charge is 2.36. The van der Waals surface area contributed by atoms with Gasteiger partial charge in [0.05, 0.1) is 11.1 Å². The third-order valence-electron chi connectivity index (χ3n) is 3.06. The molecular formula is C13H15N3O3. The van der Waals surface area contributed by atoms with Crippen LogP contribution in [0.4, 0.5) is 0 Å². The van der Waals surface area contributed by atoms with Gasteiger partial charge < -0.3 is 10.6 Å². The van der Waals surface area contributed by atoms with E-state index in [0.29, 0.717) is 24.2 Å². The van der Waals surface area contributed by atoms with Gasteiger partial charge in [0.15, 0.2) is 0 Å². The van der Waals surface area contributed by atoms with Gasteiger partial charge in [-0.25, -0.2) is 0 Å². The molecule has 0 radical (unpaired) electrons. The third kappa shape index (κ3) is 2.34. The quantitative estimate of drug-likeness (QED) is 0.754. The minimum atomic E-state index is -0.421. The smallest absolute Gasteiger partial charge is 0.262 e. The predicted octanol–water partition coefficient (Wildman–Crippen LogP) is -0.300. The number of amides is 3. The van der Waals surface area contributed by atoms with Gasteiger partial charge in [-0.15, -0.1) is 0 Å². The average Bonchev–Trinajstić information content (AvgIpc) is 2.65. The number of benzene rings is 1. The molecule has 0 aromatic heterocycles. The van der Waals surface area contributed by atoms with Crippen molar-refractivity contribution in [3.8, 4) is 0 Å². The Morgan fingerprint density at radius 2 is 1.74 bits per heavy atom. The first-order valence-corrected chi connectivity index (χ1v) is 5.95. The van der Waals surface area contributed by atoms with Crippen molar-refractivity contribution < 1.29 is 14.4 Å². The molecule has 0 spiro atoms. The monoisotopic (exact) mass is 261 g/mol. The van der Waals surface area contributed by atoms with Crippen molar-refractivity contribution in [1.82, 2.24) is 9.80 Å². The Kier molecular flexibility index (Phi) is 3.62. The van der Waals surface area contributed by atoms with E-state index in [2.05, 4.69) is 0 Å². The molecule has 1 heterocycles. The SMILES string of the molecule is CN(CCN)C(=O)CN1C(=O)c2ccccc2C1=O. The summed E-state index contributed by atoms with van der Waals surface area (Å²) in [5.41, 5.74) is 6.06. The van der Waals surface area contributed by atoms with E-state index in [0.717, 1.165) is 4.90 Å². The van der Waals surface area contributed by atoms with Gasteiger partial charge in [0.2, 0.25) is 5.91 Å². The summed E-state index contributed by atoms with van der Waals surface area (Å²) >= 11 is 0. The van der Waals surface area contributed by atoms with Crippen molar-refractivity contribution in [3.05, 3.63) is 35.4 Å². The fourth-order valence-corrected chi connectivity index (χ4v) is 1.96. The Labute approximate surface area is 110 Å². The fourth-order valence-electron chi connectivity index (χ4n) is 1.96. The number of imide groups is 1. The number of rotatable bonds is 4. The summed E-state index contributed by atoms with van der Waals surface area (Å²) in [4.78, 5) is 38.3. The first-order valence-electron chi connectivity index (χ1n) is 5.95. The van der Waals surface area contributed by atoms with Crippen molar-refractivity contribution in [2.24, 2.45) is 5.73 Å². The first kappa shape index (κ1) is 13.2. The maximum Gasteiger partial charge on any atom is 0.262 e. The summed E-state index contributed by atoms with van der Waals surface area (Å²) in [5, 5.41) is 0. The van der Waals surface area contributed by atoms with Gasteiger partial charge >= 0.3 is 0 Å². The molecule has 0 bridgehead atoms. The Balaban J connectivity index is 2.14. The molecule has 6 nitrogen and oxygen atoms in total. The molecule has 0 unspecified atom stereocenters. The zero-order valence-corrected chi connectivity index (χ0v) is 10.6. The standard InChI is InChI=1S/C13H15N3O3/c1-15(7-6-14)11(17)8-16-12(18)9-4-2-3-5-10(9)13(16)19/h2-5H,6-8,14H2,1H3. The highest BCUT2D eigenvalue weighted by molar-refractivity contribution is 6.22. The molecule has 0 saturated heterocycles. The molecule has 1 aromatic rings. The summed E-state index contributed by atoms with van der Waals surface area (Å²) in [6, 6.07) is 6.55. The molecule has 3 amide bonds. The molecule has 2 rings (SSSR count). The summed E-state index contributed by atoms with van der Waals surface area (Å²) in [6.07, 6.45) is 0. The summed E-state index contributed by atoms with van der Waals surface area (Å²) in [7, 11) is 1.59. The molecule has 2 N–H and O–H groups in total. The topological polar surface area (TPSA) is 83.7 Å². The van der Waals surface area contributed by atoms with Gasteiger partial charge in [-0.2, -0.15) is 0 Å². The molecule has 19 heavy (non-hydrogen) atoms. The summed E-state index contributed by atoms with van der Waals surface area (Å²) in [6.45, 7) is 0.481. The average molecular weight is 261 g/mol. The summed E-state index contributed by atoms with van der Waals surface area (Å²) in [5.74, 6) is -1.15. The van der Waals surface area contributed by atoms with Crippen molar-refractivity contribution in [2.75, 3.05) is 26.7 Å². The number of nitrogens with two attached hydrogens (primary N) is 1. The molecule has 1 aliphatic rings. The van der Waals surface area contributed by atoms with Gasteiger partial charge in [0.1, 0.15) is 6.54 Å². The van der Waals surface area contributed by atoms with Crippen LogP contribution in [0, 0.1) is 0 Å². The number of likely N-dealkylation sites (N-methyl/N-ethyl adjacent to an activating group) is 1. The van der Waals surface area contributed by atoms with E-state index in [4.69, 9.17) is 5.73 Å². The third-order valence-corrected chi connectivity index (χ3v) is 3.06. The lowest BCUT2D eigenvalue weighted by molar-refractivity contribution is -0.130. The van der Waals surface area contributed by atoms with Crippen LogP contribution in [0.1, 0.15) is 20.7 Å². The van der Waals surface area contributed by atoms with E-state index in [1.54, 1.807) is 31.3 Å². The Morgan fingerprint density at radius 1 is 1.21 bits per heavy atom. The number of carbonyl (C=O) groups excluding carboxylic acids is 3. The second kappa shape index (κ2) is 5.19. The van der Waals surface area contributed by atoms with Gasteiger partial charge in [-0.05, 0) is 12.1 Å². The second-order valence-electron chi connectivity index (χ2n) is 4.35. The zero-order valence-electron chi connectivity index (χ0n) is 10.6. The molecule has 6 heteroatoms. The van der Waals surface area contributed by atoms with Crippen LogP contribution in [0.5, 0.6) is 0 Å². The van der Waals surface area contributed by atoms with Crippen LogP contribution in [-0.4, -0.2) is 54.2 Å². The van der Waals surface area contributed by atoms with Gasteiger partial charge in [0.25, 0.3) is 11.8 Å². The number of hydrogen-bond donors (Lipinski definition) is 1. The first-order chi connectivity index (χ1) is 9.06. The fraction of sp³-hybridized carbons (Fsp3) is 0.308. The molecule has 0 atom stereocenters. The predicted molar refractivity (Wildman–Crippen MR) is 68.5 cm³/mol. The minimum absolute atomic E-state index is 0.247. The van der Waals surface area contributed by atoms with Crippen LogP contribution < -0.4 is 5.73 Å². The lowest BCUT2D eigenvalue weighted by Gasteiger charge is -2.19. The number of nitrogens with zero attached hydrogens (tertiary/aromatic N) is 2. The molecule has 0 saturated carbocycles. The second-order valence-corrected chi connectivity index (χ2v) is 4.35. The number of fused-ring (bicyclic) bond motifs is 1. The lowest BCUT2D eigenvalue weighted by atomic mass is 10.1. The minimum Gasteiger partial charge on any atom is -0.343 e. The number of carbonyl (C=O) groups is 3. The van der Waals surface area contributed by atoms with Gasteiger partial charge in [0, 0.05) is 20.1 Å². The van der Waals surface area contributed by atoms with E-state index in [-0.39, 0.29) is 12.5 Å². The van der Waals surface area contributed by atoms with Gasteiger partial charge in [-0.3, -0.25) is 19.3 Å². The van der Waals surface area contributed by atoms with Crippen molar-refractivity contribution >= 4 is 17.7 Å². The molecule has 1 aromatic carbocycles. The molecular weight excluding hydrogens is 246 g/mol. The molecule has 100 valence electrons. The van der Waals surface area contributed by atoms with Crippen LogP contribution in [0.2, 0.25) is 0 Å². The van der Waals surface area contributed by atoms with Crippen molar-refractivity contribution in [2.45, 2.75) is 0 Å². The van der Waals surface area contributed by atoms with Crippen molar-refractivity contribution in [3.63, 3.8) is 0 Å². The van der Waals surface area contributed by atoms with Crippen LogP contribution >= 0.6 is 0 Å². The van der Waals surface area contributed by atoms with Gasteiger partial charge in [-0.1, -0.05) is 12.1 Å². The maximum atomic E-state index is 12.0. The lowest BCUT2D eigenvalue weighted by Crippen LogP contribution is -2.42. The zero-order chi connectivity index (χ0) is 14.0. The molecule has 0 fully saturated rings. The maximum absolute atomic E-state index is 12.0. The Bertz CT molecular complexity index is 507. The summed E-state index contributed by atoms with van der Waals surface area (Å²) < 4.78 is 0. The largest absolute Gasteiger partial charge is 0.343 e.